The average molecular weight is 277 g/mol. The summed E-state index contributed by atoms with van der Waals surface area (Å²) in [5, 5.41) is 12.6. The second-order valence-corrected chi connectivity index (χ2v) is 5.38. The molecule has 102 valence electrons. The Bertz CT molecular complexity index is 505. The molecular formula is C14H19N3OS. The van der Waals surface area contributed by atoms with Crippen molar-refractivity contribution in [2.75, 3.05) is 19.8 Å². The van der Waals surface area contributed by atoms with Gasteiger partial charge < -0.3 is 10.1 Å². The molecule has 0 radical (unpaired) electrons. The Hall–Kier alpha value is -1.43. The summed E-state index contributed by atoms with van der Waals surface area (Å²) in [7, 11) is 0. The van der Waals surface area contributed by atoms with E-state index in [2.05, 4.69) is 33.5 Å². The number of thiophene rings is 1. The van der Waals surface area contributed by atoms with Crippen LogP contribution < -0.4 is 5.32 Å². The van der Waals surface area contributed by atoms with Crippen LogP contribution in [0.15, 0.2) is 35.9 Å². The normalized spacial score (nSPS) is 10.8. The highest BCUT2D eigenvalue weighted by Gasteiger charge is 2.07. The molecule has 0 atom stereocenters. The molecule has 0 aliphatic carbocycles. The van der Waals surface area contributed by atoms with E-state index in [1.54, 1.807) is 11.3 Å². The summed E-state index contributed by atoms with van der Waals surface area (Å²) in [5.41, 5.74) is 3.34. The summed E-state index contributed by atoms with van der Waals surface area (Å²) in [5.74, 6) is 0. The number of nitrogens with one attached hydrogen (secondary N) is 2. The molecule has 0 amide bonds. The number of hydrogen-bond donors (Lipinski definition) is 2. The van der Waals surface area contributed by atoms with Crippen molar-refractivity contribution < 1.29 is 4.74 Å². The minimum atomic E-state index is 0.633. The van der Waals surface area contributed by atoms with Crippen LogP contribution in [0.25, 0.3) is 10.6 Å². The molecule has 0 saturated carbocycles. The molecule has 2 heterocycles. The molecule has 0 spiro atoms. The summed E-state index contributed by atoms with van der Waals surface area (Å²) < 4.78 is 5.43. The lowest BCUT2D eigenvalue weighted by Crippen LogP contribution is -2.19. The number of hydrogen-bond acceptors (Lipinski definition) is 4. The molecule has 0 aliphatic rings. The molecule has 2 rings (SSSR count). The first-order chi connectivity index (χ1) is 9.27. The third-order valence-corrected chi connectivity index (χ3v) is 3.46. The Morgan fingerprint density at radius 2 is 2.47 bits per heavy atom. The molecule has 2 aromatic heterocycles. The van der Waals surface area contributed by atoms with Gasteiger partial charge in [-0.1, -0.05) is 18.2 Å². The zero-order valence-corrected chi connectivity index (χ0v) is 11.9. The van der Waals surface area contributed by atoms with E-state index in [4.69, 9.17) is 4.74 Å². The second kappa shape index (κ2) is 7.23. The van der Waals surface area contributed by atoms with Gasteiger partial charge in [-0.3, -0.25) is 5.10 Å². The lowest BCUT2D eigenvalue weighted by Gasteiger charge is -2.06. The first kappa shape index (κ1) is 14.0. The molecule has 2 N–H and O–H groups in total. The van der Waals surface area contributed by atoms with Gasteiger partial charge in [0.05, 0.1) is 30.0 Å². The topological polar surface area (TPSA) is 49.9 Å². The fourth-order valence-corrected chi connectivity index (χ4v) is 2.45. The zero-order chi connectivity index (χ0) is 13.5. The number of H-pyrrole nitrogens is 1. The number of aromatic amines is 1. The van der Waals surface area contributed by atoms with Crippen LogP contribution in [0.4, 0.5) is 0 Å². The Labute approximate surface area is 117 Å². The molecule has 0 fully saturated rings. The van der Waals surface area contributed by atoms with E-state index in [9.17, 15) is 0 Å². The molecule has 0 saturated heterocycles. The van der Waals surface area contributed by atoms with Crippen LogP contribution in [-0.4, -0.2) is 30.0 Å². The molecule has 4 nitrogen and oxygen atoms in total. The van der Waals surface area contributed by atoms with E-state index in [0.29, 0.717) is 13.2 Å². The van der Waals surface area contributed by atoms with E-state index in [0.717, 1.165) is 24.4 Å². The van der Waals surface area contributed by atoms with Gasteiger partial charge in [0.1, 0.15) is 0 Å². The van der Waals surface area contributed by atoms with Gasteiger partial charge in [-0.25, -0.2) is 0 Å². The van der Waals surface area contributed by atoms with Gasteiger partial charge in [0.2, 0.25) is 0 Å². The minimum Gasteiger partial charge on any atom is -0.376 e. The van der Waals surface area contributed by atoms with Crippen LogP contribution in [-0.2, 0) is 11.3 Å². The molecular weight excluding hydrogens is 258 g/mol. The van der Waals surface area contributed by atoms with Crippen molar-refractivity contribution in [3.63, 3.8) is 0 Å². The third kappa shape index (κ3) is 4.31. The minimum absolute atomic E-state index is 0.633. The molecule has 5 heteroatoms. The zero-order valence-electron chi connectivity index (χ0n) is 11.1. The molecule has 2 aromatic rings. The Morgan fingerprint density at radius 1 is 1.58 bits per heavy atom. The first-order valence-electron chi connectivity index (χ1n) is 6.26. The highest BCUT2D eigenvalue weighted by Crippen LogP contribution is 2.25. The van der Waals surface area contributed by atoms with Crippen molar-refractivity contribution in [1.82, 2.24) is 15.5 Å². The van der Waals surface area contributed by atoms with Crippen molar-refractivity contribution in [2.45, 2.75) is 13.5 Å². The third-order valence-electron chi connectivity index (χ3n) is 2.57. The summed E-state index contributed by atoms with van der Waals surface area (Å²) in [6.07, 6.45) is 1.87. The van der Waals surface area contributed by atoms with E-state index in [-0.39, 0.29) is 0 Å². The SMILES string of the molecule is C=C(C)COCCNCc1cn[nH]c1-c1cccs1. The summed E-state index contributed by atoms with van der Waals surface area (Å²) in [6, 6.07) is 4.14. The highest BCUT2D eigenvalue weighted by molar-refractivity contribution is 7.13. The fourth-order valence-electron chi connectivity index (χ4n) is 1.69. The lowest BCUT2D eigenvalue weighted by atomic mass is 10.2. The largest absolute Gasteiger partial charge is 0.376 e. The van der Waals surface area contributed by atoms with Crippen molar-refractivity contribution in [3.05, 3.63) is 41.4 Å². The maximum absolute atomic E-state index is 5.43. The van der Waals surface area contributed by atoms with Crippen LogP contribution in [0.3, 0.4) is 0 Å². The maximum atomic E-state index is 5.43. The Kier molecular flexibility index (Phi) is 5.32. The quantitative estimate of drug-likeness (QED) is 0.576. The maximum Gasteiger partial charge on any atom is 0.0794 e. The van der Waals surface area contributed by atoms with Crippen LogP contribution in [0.2, 0.25) is 0 Å². The standard InChI is InChI=1S/C14H19N3OS/c1-11(2)10-18-6-5-15-8-12-9-16-17-14(12)13-4-3-7-19-13/h3-4,7,9,15H,1,5-6,8,10H2,2H3,(H,16,17). The van der Waals surface area contributed by atoms with Crippen molar-refractivity contribution in [2.24, 2.45) is 0 Å². The first-order valence-corrected chi connectivity index (χ1v) is 7.14. The molecule has 0 aliphatic heterocycles. The van der Waals surface area contributed by atoms with E-state index in [1.807, 2.05) is 19.2 Å². The van der Waals surface area contributed by atoms with Crippen molar-refractivity contribution >= 4 is 11.3 Å². The fraction of sp³-hybridized carbons (Fsp3) is 0.357. The predicted molar refractivity (Wildman–Crippen MR) is 79.2 cm³/mol. The predicted octanol–water partition coefficient (Wildman–Crippen LogP) is 2.82. The summed E-state index contributed by atoms with van der Waals surface area (Å²) in [4.78, 5) is 1.22. The van der Waals surface area contributed by atoms with Crippen molar-refractivity contribution in [3.8, 4) is 10.6 Å². The number of nitrogens with zero attached hydrogens (tertiary/aromatic N) is 1. The van der Waals surface area contributed by atoms with E-state index in [1.165, 1.54) is 10.4 Å². The second-order valence-electron chi connectivity index (χ2n) is 4.43. The highest BCUT2D eigenvalue weighted by atomic mass is 32.1. The van der Waals surface area contributed by atoms with Gasteiger partial charge in [0, 0.05) is 18.7 Å². The van der Waals surface area contributed by atoms with E-state index >= 15 is 0 Å². The number of rotatable bonds is 8. The van der Waals surface area contributed by atoms with Crippen LogP contribution in [0.5, 0.6) is 0 Å². The molecule has 0 aromatic carbocycles. The van der Waals surface area contributed by atoms with Gasteiger partial charge in [0.25, 0.3) is 0 Å². The monoisotopic (exact) mass is 277 g/mol. The van der Waals surface area contributed by atoms with Gasteiger partial charge in [-0.2, -0.15) is 5.10 Å². The average Bonchev–Trinajstić information content (AvgIpc) is 3.03. The van der Waals surface area contributed by atoms with Gasteiger partial charge in [-0.05, 0) is 18.4 Å². The van der Waals surface area contributed by atoms with Crippen molar-refractivity contribution in [1.29, 1.82) is 0 Å². The Morgan fingerprint density at radius 3 is 3.21 bits per heavy atom. The lowest BCUT2D eigenvalue weighted by molar-refractivity contribution is 0.158. The smallest absolute Gasteiger partial charge is 0.0794 e. The van der Waals surface area contributed by atoms with E-state index < -0.39 is 0 Å². The molecule has 19 heavy (non-hydrogen) atoms. The Balaban J connectivity index is 1.75. The molecule has 0 unspecified atom stereocenters. The van der Waals surface area contributed by atoms with Gasteiger partial charge in [0.15, 0.2) is 0 Å². The van der Waals surface area contributed by atoms with Gasteiger partial charge >= 0.3 is 0 Å². The van der Waals surface area contributed by atoms with Crippen LogP contribution >= 0.6 is 11.3 Å². The summed E-state index contributed by atoms with van der Waals surface area (Å²) in [6.45, 7) is 8.70. The number of ether oxygens (including phenoxy) is 1. The van der Waals surface area contributed by atoms with Crippen LogP contribution in [0, 0.1) is 0 Å². The molecule has 0 bridgehead atoms. The van der Waals surface area contributed by atoms with Crippen LogP contribution in [0.1, 0.15) is 12.5 Å². The number of aromatic nitrogens is 2. The summed E-state index contributed by atoms with van der Waals surface area (Å²) >= 11 is 1.71. The van der Waals surface area contributed by atoms with Gasteiger partial charge in [-0.15, -0.1) is 11.3 Å².